The molecule has 0 saturated heterocycles. The van der Waals surface area contributed by atoms with Crippen LogP contribution in [0.1, 0.15) is 12.5 Å². The van der Waals surface area contributed by atoms with Crippen molar-refractivity contribution in [2.75, 3.05) is 5.43 Å². The standard InChI is InChI=1S/C18H16N2O/c1-13(19-20-15-8-3-2-4-9-15)16-12-11-14-7-5-6-10-17(14)18(16)21/h2-12,20-21H,1H3. The Bertz CT molecular complexity index is 795. The molecular weight excluding hydrogens is 260 g/mol. The maximum absolute atomic E-state index is 10.4. The zero-order valence-electron chi connectivity index (χ0n) is 11.7. The van der Waals surface area contributed by atoms with Crippen molar-refractivity contribution in [3.63, 3.8) is 0 Å². The van der Waals surface area contributed by atoms with Crippen LogP contribution in [0, 0.1) is 0 Å². The molecule has 0 aromatic heterocycles. The molecule has 0 aliphatic heterocycles. The van der Waals surface area contributed by atoms with E-state index < -0.39 is 0 Å². The predicted octanol–water partition coefficient (Wildman–Crippen LogP) is 4.38. The van der Waals surface area contributed by atoms with Gasteiger partial charge in [-0.05, 0) is 30.5 Å². The lowest BCUT2D eigenvalue weighted by molar-refractivity contribution is 0.480. The topological polar surface area (TPSA) is 44.6 Å². The predicted molar refractivity (Wildman–Crippen MR) is 87.9 cm³/mol. The van der Waals surface area contributed by atoms with E-state index in [0.717, 1.165) is 27.7 Å². The summed E-state index contributed by atoms with van der Waals surface area (Å²) < 4.78 is 0. The number of hydrogen-bond acceptors (Lipinski definition) is 3. The zero-order chi connectivity index (χ0) is 14.7. The molecule has 2 N–H and O–H groups in total. The third-order valence-electron chi connectivity index (χ3n) is 3.42. The fraction of sp³-hybridized carbons (Fsp3) is 0.0556. The summed E-state index contributed by atoms with van der Waals surface area (Å²) in [6.07, 6.45) is 0. The second-order valence-electron chi connectivity index (χ2n) is 4.86. The van der Waals surface area contributed by atoms with E-state index >= 15 is 0 Å². The number of phenols is 1. The number of anilines is 1. The van der Waals surface area contributed by atoms with Crippen LogP contribution in [0.15, 0.2) is 71.8 Å². The average Bonchev–Trinajstić information content (AvgIpc) is 2.54. The first-order chi connectivity index (χ1) is 10.3. The van der Waals surface area contributed by atoms with Crippen molar-refractivity contribution in [2.24, 2.45) is 5.10 Å². The fourth-order valence-electron chi connectivity index (χ4n) is 2.27. The van der Waals surface area contributed by atoms with Crippen LogP contribution in [-0.4, -0.2) is 10.8 Å². The van der Waals surface area contributed by atoms with E-state index in [1.165, 1.54) is 0 Å². The Morgan fingerprint density at radius 1 is 0.905 bits per heavy atom. The largest absolute Gasteiger partial charge is 0.507 e. The van der Waals surface area contributed by atoms with E-state index in [9.17, 15) is 5.11 Å². The number of fused-ring (bicyclic) bond motifs is 1. The minimum absolute atomic E-state index is 0.268. The SMILES string of the molecule is CC(=NNc1ccccc1)c1ccc2ccccc2c1O. The number of aromatic hydroxyl groups is 1. The minimum atomic E-state index is 0.268. The molecule has 3 aromatic rings. The number of hydrazone groups is 1. The summed E-state index contributed by atoms with van der Waals surface area (Å²) in [6.45, 7) is 1.87. The van der Waals surface area contributed by atoms with Crippen LogP contribution < -0.4 is 5.43 Å². The molecule has 0 fully saturated rings. The molecule has 21 heavy (non-hydrogen) atoms. The Morgan fingerprint density at radius 3 is 2.43 bits per heavy atom. The van der Waals surface area contributed by atoms with E-state index in [1.54, 1.807) is 0 Å². The highest BCUT2D eigenvalue weighted by atomic mass is 16.3. The lowest BCUT2D eigenvalue weighted by Gasteiger charge is -2.08. The molecule has 0 atom stereocenters. The van der Waals surface area contributed by atoms with Crippen LogP contribution >= 0.6 is 0 Å². The average molecular weight is 276 g/mol. The summed E-state index contributed by atoms with van der Waals surface area (Å²) in [5.41, 5.74) is 5.38. The van der Waals surface area contributed by atoms with Crippen LogP contribution in [0.3, 0.4) is 0 Å². The Balaban J connectivity index is 1.94. The quantitative estimate of drug-likeness (QED) is 0.550. The van der Waals surface area contributed by atoms with E-state index in [2.05, 4.69) is 10.5 Å². The van der Waals surface area contributed by atoms with Gasteiger partial charge in [-0.1, -0.05) is 48.5 Å². The number of para-hydroxylation sites is 1. The molecule has 0 aliphatic rings. The van der Waals surface area contributed by atoms with Crippen LogP contribution in [0.25, 0.3) is 10.8 Å². The summed E-state index contributed by atoms with van der Waals surface area (Å²) in [4.78, 5) is 0. The zero-order valence-corrected chi connectivity index (χ0v) is 11.7. The van der Waals surface area contributed by atoms with Gasteiger partial charge in [0, 0.05) is 10.9 Å². The van der Waals surface area contributed by atoms with E-state index in [1.807, 2.05) is 73.7 Å². The number of rotatable bonds is 3. The molecule has 0 spiro atoms. The van der Waals surface area contributed by atoms with Gasteiger partial charge in [-0.3, -0.25) is 5.43 Å². The van der Waals surface area contributed by atoms with Crippen molar-refractivity contribution >= 4 is 22.2 Å². The van der Waals surface area contributed by atoms with Gasteiger partial charge in [0.05, 0.1) is 11.4 Å². The monoisotopic (exact) mass is 276 g/mol. The maximum Gasteiger partial charge on any atom is 0.132 e. The highest BCUT2D eigenvalue weighted by Gasteiger charge is 2.08. The summed E-state index contributed by atoms with van der Waals surface area (Å²) in [6, 6.07) is 21.4. The van der Waals surface area contributed by atoms with Crippen molar-refractivity contribution in [1.82, 2.24) is 0 Å². The molecule has 0 saturated carbocycles. The molecule has 0 bridgehead atoms. The van der Waals surface area contributed by atoms with Gasteiger partial charge in [0.2, 0.25) is 0 Å². The molecule has 0 heterocycles. The summed E-state index contributed by atoms with van der Waals surface area (Å²) in [5.74, 6) is 0.268. The van der Waals surface area contributed by atoms with Gasteiger partial charge in [-0.2, -0.15) is 5.10 Å². The summed E-state index contributed by atoms with van der Waals surface area (Å²) in [5, 5.41) is 16.6. The summed E-state index contributed by atoms with van der Waals surface area (Å²) in [7, 11) is 0. The number of benzene rings is 3. The molecular formula is C18H16N2O. The van der Waals surface area contributed by atoms with Crippen LogP contribution in [0.4, 0.5) is 5.69 Å². The molecule has 104 valence electrons. The van der Waals surface area contributed by atoms with E-state index in [-0.39, 0.29) is 5.75 Å². The van der Waals surface area contributed by atoms with Crippen molar-refractivity contribution in [1.29, 1.82) is 0 Å². The minimum Gasteiger partial charge on any atom is -0.507 e. The van der Waals surface area contributed by atoms with Crippen LogP contribution in [-0.2, 0) is 0 Å². The molecule has 0 unspecified atom stereocenters. The summed E-state index contributed by atoms with van der Waals surface area (Å²) >= 11 is 0. The van der Waals surface area contributed by atoms with Crippen molar-refractivity contribution in [3.05, 3.63) is 72.3 Å². The van der Waals surface area contributed by atoms with Gasteiger partial charge in [-0.15, -0.1) is 0 Å². The smallest absolute Gasteiger partial charge is 0.132 e. The first-order valence-corrected chi connectivity index (χ1v) is 6.82. The number of nitrogens with zero attached hydrogens (tertiary/aromatic N) is 1. The molecule has 3 aromatic carbocycles. The Morgan fingerprint density at radius 2 is 1.62 bits per heavy atom. The number of nitrogens with one attached hydrogen (secondary N) is 1. The molecule has 3 nitrogen and oxygen atoms in total. The van der Waals surface area contributed by atoms with Gasteiger partial charge < -0.3 is 5.11 Å². The molecule has 0 aliphatic carbocycles. The van der Waals surface area contributed by atoms with E-state index in [0.29, 0.717) is 0 Å². The first kappa shape index (κ1) is 13.2. The van der Waals surface area contributed by atoms with Crippen LogP contribution in [0.2, 0.25) is 0 Å². The number of phenolic OH excluding ortho intramolecular Hbond substituents is 1. The maximum atomic E-state index is 10.4. The highest BCUT2D eigenvalue weighted by Crippen LogP contribution is 2.29. The lowest BCUT2D eigenvalue weighted by Crippen LogP contribution is -2.00. The van der Waals surface area contributed by atoms with Crippen molar-refractivity contribution in [2.45, 2.75) is 6.92 Å². The lowest BCUT2D eigenvalue weighted by atomic mass is 10.0. The van der Waals surface area contributed by atoms with Gasteiger partial charge in [0.1, 0.15) is 5.75 Å². The van der Waals surface area contributed by atoms with Crippen LogP contribution in [0.5, 0.6) is 5.75 Å². The van der Waals surface area contributed by atoms with Crippen molar-refractivity contribution < 1.29 is 5.11 Å². The molecule has 3 rings (SSSR count). The normalized spacial score (nSPS) is 11.6. The van der Waals surface area contributed by atoms with Gasteiger partial charge in [0.25, 0.3) is 0 Å². The van der Waals surface area contributed by atoms with Crippen molar-refractivity contribution in [3.8, 4) is 5.75 Å². The molecule has 0 radical (unpaired) electrons. The Labute approximate surface area is 123 Å². The Hall–Kier alpha value is -2.81. The molecule has 3 heteroatoms. The second kappa shape index (κ2) is 5.67. The highest BCUT2D eigenvalue weighted by molar-refractivity contribution is 6.06. The van der Waals surface area contributed by atoms with Gasteiger partial charge in [0.15, 0.2) is 0 Å². The second-order valence-corrected chi connectivity index (χ2v) is 4.86. The number of hydrogen-bond donors (Lipinski definition) is 2. The van der Waals surface area contributed by atoms with Gasteiger partial charge in [-0.25, -0.2) is 0 Å². The van der Waals surface area contributed by atoms with Gasteiger partial charge >= 0.3 is 0 Å². The molecule has 0 amide bonds. The van der Waals surface area contributed by atoms with E-state index in [4.69, 9.17) is 0 Å². The third-order valence-corrected chi connectivity index (χ3v) is 3.42. The fourth-order valence-corrected chi connectivity index (χ4v) is 2.27. The third kappa shape index (κ3) is 2.72. The Kier molecular flexibility index (Phi) is 3.56. The first-order valence-electron chi connectivity index (χ1n) is 6.82.